The quantitative estimate of drug-likeness (QED) is 0.773. The summed E-state index contributed by atoms with van der Waals surface area (Å²) in [6.07, 6.45) is 0.812. The Morgan fingerprint density at radius 2 is 2.36 bits per heavy atom. The lowest BCUT2D eigenvalue weighted by Gasteiger charge is -2.05. The molecule has 1 aliphatic heterocycles. The lowest BCUT2D eigenvalue weighted by atomic mass is 10.1. The molecule has 1 N–H and O–H groups in total. The van der Waals surface area contributed by atoms with Gasteiger partial charge in [0.25, 0.3) is 0 Å². The lowest BCUT2D eigenvalue weighted by Crippen LogP contribution is -2.01. The predicted molar refractivity (Wildman–Crippen MR) is 54.8 cm³/mol. The van der Waals surface area contributed by atoms with Gasteiger partial charge >= 0.3 is 0 Å². The maximum Gasteiger partial charge on any atom is 0.216 e. The largest absolute Gasteiger partial charge is 0.508 e. The second kappa shape index (κ2) is 3.70. The summed E-state index contributed by atoms with van der Waals surface area (Å²) in [7, 11) is 0. The second-order valence-corrected chi connectivity index (χ2v) is 3.23. The number of aryl methyl sites for hydroxylation is 1. The Balaban J connectivity index is 2.35. The monoisotopic (exact) mass is 191 g/mol. The van der Waals surface area contributed by atoms with Gasteiger partial charge in [0.2, 0.25) is 5.90 Å². The topological polar surface area (TPSA) is 41.8 Å². The van der Waals surface area contributed by atoms with Gasteiger partial charge in [-0.2, -0.15) is 0 Å². The van der Waals surface area contributed by atoms with Crippen LogP contribution < -0.4 is 0 Å². The van der Waals surface area contributed by atoms with E-state index in [1.54, 1.807) is 6.07 Å². The molecule has 1 heterocycles. The van der Waals surface area contributed by atoms with Gasteiger partial charge in [-0.15, -0.1) is 0 Å². The number of aliphatic imine (C=N–C) groups is 1. The standard InChI is InChI=1S/C11H13NO2/c1-2-8-7-9(3-4-10(8)13)11-12-5-6-14-11/h3-4,7,13H,2,5-6H2,1H3. The third kappa shape index (κ3) is 1.58. The van der Waals surface area contributed by atoms with Crippen molar-refractivity contribution in [3.8, 4) is 5.75 Å². The van der Waals surface area contributed by atoms with E-state index in [2.05, 4.69) is 4.99 Å². The van der Waals surface area contributed by atoms with E-state index in [1.807, 2.05) is 19.1 Å². The van der Waals surface area contributed by atoms with Crippen molar-refractivity contribution >= 4 is 5.90 Å². The first-order chi connectivity index (χ1) is 6.81. The minimum Gasteiger partial charge on any atom is -0.508 e. The van der Waals surface area contributed by atoms with E-state index in [9.17, 15) is 5.11 Å². The molecule has 0 saturated carbocycles. The number of phenols is 1. The van der Waals surface area contributed by atoms with Crippen LogP contribution in [0.15, 0.2) is 23.2 Å². The predicted octanol–water partition coefficient (Wildman–Crippen LogP) is 1.73. The fourth-order valence-corrected chi connectivity index (χ4v) is 1.51. The summed E-state index contributed by atoms with van der Waals surface area (Å²) >= 11 is 0. The van der Waals surface area contributed by atoms with Crippen molar-refractivity contribution in [2.24, 2.45) is 4.99 Å². The Labute approximate surface area is 83.1 Å². The molecule has 0 spiro atoms. The Morgan fingerprint density at radius 3 is 3.00 bits per heavy atom. The lowest BCUT2D eigenvalue weighted by molar-refractivity contribution is 0.348. The summed E-state index contributed by atoms with van der Waals surface area (Å²) in [4.78, 5) is 4.22. The Morgan fingerprint density at radius 1 is 1.50 bits per heavy atom. The molecule has 0 fully saturated rings. The molecule has 74 valence electrons. The highest BCUT2D eigenvalue weighted by Crippen LogP contribution is 2.20. The normalized spacial score (nSPS) is 15.1. The smallest absolute Gasteiger partial charge is 0.216 e. The van der Waals surface area contributed by atoms with E-state index >= 15 is 0 Å². The van der Waals surface area contributed by atoms with E-state index in [0.29, 0.717) is 18.3 Å². The van der Waals surface area contributed by atoms with Crippen LogP contribution in [0.5, 0.6) is 5.75 Å². The average Bonchev–Trinajstić information content (AvgIpc) is 2.71. The van der Waals surface area contributed by atoms with Crippen molar-refractivity contribution in [1.29, 1.82) is 0 Å². The van der Waals surface area contributed by atoms with Crippen LogP contribution in [-0.2, 0) is 11.2 Å². The summed E-state index contributed by atoms with van der Waals surface area (Å²) in [5.41, 5.74) is 1.89. The van der Waals surface area contributed by atoms with Gasteiger partial charge in [0.15, 0.2) is 0 Å². The molecule has 1 aromatic rings. The molecule has 2 rings (SSSR count). The van der Waals surface area contributed by atoms with E-state index in [-0.39, 0.29) is 0 Å². The summed E-state index contributed by atoms with van der Waals surface area (Å²) in [5.74, 6) is 1.04. The molecular formula is C11H13NO2. The Kier molecular flexibility index (Phi) is 2.39. The number of rotatable bonds is 2. The minimum absolute atomic E-state index is 0.342. The van der Waals surface area contributed by atoms with Crippen molar-refractivity contribution in [2.45, 2.75) is 13.3 Å². The van der Waals surface area contributed by atoms with Gasteiger partial charge in [-0.3, -0.25) is 0 Å². The van der Waals surface area contributed by atoms with Crippen molar-refractivity contribution in [1.82, 2.24) is 0 Å². The zero-order valence-electron chi connectivity index (χ0n) is 8.16. The van der Waals surface area contributed by atoms with Crippen molar-refractivity contribution in [3.63, 3.8) is 0 Å². The highest BCUT2D eigenvalue weighted by Gasteiger charge is 2.11. The molecule has 0 amide bonds. The van der Waals surface area contributed by atoms with Gasteiger partial charge in [0, 0.05) is 5.56 Å². The molecule has 0 aromatic heterocycles. The van der Waals surface area contributed by atoms with Crippen molar-refractivity contribution in [3.05, 3.63) is 29.3 Å². The number of nitrogens with zero attached hydrogens (tertiary/aromatic N) is 1. The van der Waals surface area contributed by atoms with Gasteiger partial charge in [-0.1, -0.05) is 6.92 Å². The SMILES string of the molecule is CCc1cc(C2=NCCO2)ccc1O. The minimum atomic E-state index is 0.342. The Bertz CT molecular complexity index is 372. The molecule has 0 radical (unpaired) electrons. The number of phenolic OH excluding ortho intramolecular Hbond substituents is 1. The number of aromatic hydroxyl groups is 1. The van der Waals surface area contributed by atoms with Gasteiger partial charge < -0.3 is 9.84 Å². The van der Waals surface area contributed by atoms with E-state index in [1.165, 1.54) is 0 Å². The number of hydrogen-bond donors (Lipinski definition) is 1. The molecule has 0 saturated heterocycles. The van der Waals surface area contributed by atoms with E-state index in [4.69, 9.17) is 4.74 Å². The average molecular weight is 191 g/mol. The maximum atomic E-state index is 9.50. The van der Waals surface area contributed by atoms with Crippen LogP contribution in [-0.4, -0.2) is 24.2 Å². The van der Waals surface area contributed by atoms with Gasteiger partial charge in [0.05, 0.1) is 6.54 Å². The van der Waals surface area contributed by atoms with Crippen molar-refractivity contribution in [2.75, 3.05) is 13.2 Å². The fourth-order valence-electron chi connectivity index (χ4n) is 1.51. The van der Waals surface area contributed by atoms with Crippen LogP contribution in [0.3, 0.4) is 0 Å². The fraction of sp³-hybridized carbons (Fsp3) is 0.364. The molecule has 0 bridgehead atoms. The molecule has 1 aliphatic rings. The molecule has 1 aromatic carbocycles. The third-order valence-corrected chi connectivity index (χ3v) is 2.29. The van der Waals surface area contributed by atoms with Gasteiger partial charge in [-0.25, -0.2) is 4.99 Å². The first kappa shape index (κ1) is 9.06. The first-order valence-corrected chi connectivity index (χ1v) is 4.80. The van der Waals surface area contributed by atoms with E-state index in [0.717, 1.165) is 24.1 Å². The molecule has 3 nitrogen and oxygen atoms in total. The van der Waals surface area contributed by atoms with Crippen molar-refractivity contribution < 1.29 is 9.84 Å². The summed E-state index contributed by atoms with van der Waals surface area (Å²) in [6, 6.07) is 5.45. The van der Waals surface area contributed by atoms with Crippen LogP contribution >= 0.6 is 0 Å². The highest BCUT2D eigenvalue weighted by molar-refractivity contribution is 5.95. The van der Waals surface area contributed by atoms with Crippen LogP contribution in [0.25, 0.3) is 0 Å². The Hall–Kier alpha value is -1.51. The zero-order chi connectivity index (χ0) is 9.97. The van der Waals surface area contributed by atoms with E-state index < -0.39 is 0 Å². The molecular weight excluding hydrogens is 178 g/mol. The van der Waals surface area contributed by atoms with Gasteiger partial charge in [-0.05, 0) is 30.2 Å². The van der Waals surface area contributed by atoms with Crippen LogP contribution in [0.2, 0.25) is 0 Å². The first-order valence-electron chi connectivity index (χ1n) is 4.80. The molecule has 0 unspecified atom stereocenters. The summed E-state index contributed by atoms with van der Waals surface area (Å²) in [6.45, 7) is 3.41. The molecule has 0 atom stereocenters. The molecule has 3 heteroatoms. The molecule has 0 aliphatic carbocycles. The van der Waals surface area contributed by atoms with Crippen LogP contribution in [0, 0.1) is 0 Å². The maximum absolute atomic E-state index is 9.50. The second-order valence-electron chi connectivity index (χ2n) is 3.23. The molecule has 14 heavy (non-hydrogen) atoms. The zero-order valence-corrected chi connectivity index (χ0v) is 8.16. The van der Waals surface area contributed by atoms with Crippen LogP contribution in [0.4, 0.5) is 0 Å². The summed E-state index contributed by atoms with van der Waals surface area (Å²) < 4.78 is 5.35. The van der Waals surface area contributed by atoms with Gasteiger partial charge in [0.1, 0.15) is 12.4 Å². The number of benzene rings is 1. The summed E-state index contributed by atoms with van der Waals surface area (Å²) in [5, 5.41) is 9.50. The number of hydrogen-bond acceptors (Lipinski definition) is 3. The number of ether oxygens (including phenoxy) is 1. The third-order valence-electron chi connectivity index (χ3n) is 2.29. The highest BCUT2D eigenvalue weighted by atomic mass is 16.5. The van der Waals surface area contributed by atoms with Crippen LogP contribution in [0.1, 0.15) is 18.1 Å².